The second-order valence-corrected chi connectivity index (χ2v) is 11.5. The summed E-state index contributed by atoms with van der Waals surface area (Å²) in [4.78, 5) is 4.75. The van der Waals surface area contributed by atoms with Gasteiger partial charge in [0, 0.05) is 24.1 Å². The van der Waals surface area contributed by atoms with Crippen LogP contribution in [0.3, 0.4) is 0 Å². The van der Waals surface area contributed by atoms with Gasteiger partial charge in [0.25, 0.3) is 0 Å². The van der Waals surface area contributed by atoms with Crippen molar-refractivity contribution in [2.24, 2.45) is 5.92 Å². The van der Waals surface area contributed by atoms with E-state index in [2.05, 4.69) is 50.2 Å². The highest BCUT2D eigenvalue weighted by Crippen LogP contribution is 2.22. The Labute approximate surface area is 234 Å². The third kappa shape index (κ3) is 12.4. The lowest BCUT2D eigenvalue weighted by molar-refractivity contribution is -0.203. The Hall–Kier alpha value is -1.71. The summed E-state index contributed by atoms with van der Waals surface area (Å²) >= 11 is 0. The van der Waals surface area contributed by atoms with Crippen molar-refractivity contribution in [2.75, 3.05) is 13.2 Å². The predicted molar refractivity (Wildman–Crippen MR) is 161 cm³/mol. The van der Waals surface area contributed by atoms with Crippen LogP contribution in [0.1, 0.15) is 128 Å². The zero-order chi connectivity index (χ0) is 26.7. The molecular weight excluding hydrogens is 466 g/mol. The van der Waals surface area contributed by atoms with Crippen LogP contribution >= 0.6 is 0 Å². The Balaban J connectivity index is 1.28. The van der Waals surface area contributed by atoms with Crippen molar-refractivity contribution in [3.63, 3.8) is 0 Å². The SMILES string of the molecule is CCCCCCCCCCc1ccc(-c2ccc(CCC3OCC(CCCCCCCC)CO3)cn2)cc1. The molecule has 38 heavy (non-hydrogen) atoms. The lowest BCUT2D eigenvalue weighted by atomic mass is 10.0. The summed E-state index contributed by atoms with van der Waals surface area (Å²) in [5.41, 5.74) is 4.95. The molecule has 0 unspecified atom stereocenters. The second-order valence-electron chi connectivity index (χ2n) is 11.5. The molecule has 0 spiro atoms. The normalized spacial score (nSPS) is 17.6. The number of hydrogen-bond acceptors (Lipinski definition) is 3. The summed E-state index contributed by atoms with van der Waals surface area (Å²) in [7, 11) is 0. The van der Waals surface area contributed by atoms with Crippen LogP contribution in [-0.4, -0.2) is 24.5 Å². The van der Waals surface area contributed by atoms with E-state index in [1.54, 1.807) is 0 Å². The molecule has 0 aliphatic carbocycles. The minimum absolute atomic E-state index is 0.0657. The Morgan fingerprint density at radius 3 is 1.79 bits per heavy atom. The van der Waals surface area contributed by atoms with Crippen LogP contribution < -0.4 is 0 Å². The Morgan fingerprint density at radius 1 is 0.605 bits per heavy atom. The number of unbranched alkanes of at least 4 members (excludes halogenated alkanes) is 12. The molecule has 212 valence electrons. The third-order valence-corrected chi connectivity index (χ3v) is 8.06. The van der Waals surface area contributed by atoms with Gasteiger partial charge in [-0.1, -0.05) is 128 Å². The zero-order valence-corrected chi connectivity index (χ0v) is 24.6. The fourth-order valence-corrected chi connectivity index (χ4v) is 5.46. The summed E-state index contributed by atoms with van der Waals surface area (Å²) in [5, 5.41) is 0. The average Bonchev–Trinajstić information content (AvgIpc) is 2.96. The van der Waals surface area contributed by atoms with Gasteiger partial charge in [0.1, 0.15) is 0 Å². The first-order valence-electron chi connectivity index (χ1n) is 16.1. The molecule has 1 aromatic heterocycles. The smallest absolute Gasteiger partial charge is 0.157 e. The monoisotopic (exact) mass is 521 g/mol. The van der Waals surface area contributed by atoms with Crippen LogP contribution in [0.4, 0.5) is 0 Å². The topological polar surface area (TPSA) is 31.4 Å². The molecule has 3 rings (SSSR count). The van der Waals surface area contributed by atoms with E-state index in [-0.39, 0.29) is 6.29 Å². The van der Waals surface area contributed by atoms with E-state index in [1.165, 1.54) is 119 Å². The van der Waals surface area contributed by atoms with E-state index < -0.39 is 0 Å². The molecule has 0 bridgehead atoms. The molecule has 1 saturated heterocycles. The van der Waals surface area contributed by atoms with E-state index in [0.717, 1.165) is 31.7 Å². The summed E-state index contributed by atoms with van der Waals surface area (Å²) < 4.78 is 12.1. The van der Waals surface area contributed by atoms with Crippen molar-refractivity contribution in [3.05, 3.63) is 53.7 Å². The Bertz CT molecular complexity index is 824. The molecule has 3 nitrogen and oxygen atoms in total. The minimum atomic E-state index is -0.0657. The van der Waals surface area contributed by atoms with Crippen molar-refractivity contribution in [1.29, 1.82) is 0 Å². The van der Waals surface area contributed by atoms with Crippen LogP contribution in [0.5, 0.6) is 0 Å². The van der Waals surface area contributed by atoms with Crippen molar-refractivity contribution < 1.29 is 9.47 Å². The van der Waals surface area contributed by atoms with Gasteiger partial charge in [-0.25, -0.2) is 0 Å². The van der Waals surface area contributed by atoms with Crippen LogP contribution in [0, 0.1) is 5.92 Å². The van der Waals surface area contributed by atoms with Gasteiger partial charge < -0.3 is 9.47 Å². The molecule has 1 aliphatic rings. The van der Waals surface area contributed by atoms with Gasteiger partial charge in [-0.3, -0.25) is 4.98 Å². The number of hydrogen-bond donors (Lipinski definition) is 0. The number of benzene rings is 1. The van der Waals surface area contributed by atoms with E-state index in [9.17, 15) is 0 Å². The molecule has 1 aliphatic heterocycles. The summed E-state index contributed by atoms with van der Waals surface area (Å²) in [6.45, 7) is 6.26. The predicted octanol–water partition coefficient (Wildman–Crippen LogP) is 10.1. The fraction of sp³-hybridized carbons (Fsp3) is 0.686. The first-order valence-corrected chi connectivity index (χ1v) is 16.1. The standard InChI is InChI=1S/C35H55NO2/c1-3-5-7-9-11-12-14-15-17-30-19-23-33(24-20-30)34-25-21-31(27-36-34)22-26-35-37-28-32(29-38-35)18-16-13-10-8-6-4-2/h19-21,23-25,27,32,35H,3-18,22,26,28-29H2,1-2H3. The van der Waals surface area contributed by atoms with Gasteiger partial charge in [0.05, 0.1) is 18.9 Å². The molecule has 0 saturated carbocycles. The lowest BCUT2D eigenvalue weighted by Gasteiger charge is -2.29. The van der Waals surface area contributed by atoms with E-state index in [4.69, 9.17) is 14.5 Å². The molecule has 1 aromatic carbocycles. The molecule has 0 radical (unpaired) electrons. The van der Waals surface area contributed by atoms with Gasteiger partial charge >= 0.3 is 0 Å². The van der Waals surface area contributed by atoms with Crippen LogP contribution in [0.15, 0.2) is 42.6 Å². The number of nitrogens with zero attached hydrogens (tertiary/aromatic N) is 1. The summed E-state index contributed by atoms with van der Waals surface area (Å²) in [5.74, 6) is 0.574. The maximum absolute atomic E-state index is 6.03. The third-order valence-electron chi connectivity index (χ3n) is 8.06. The quantitative estimate of drug-likeness (QED) is 0.162. The molecule has 2 aromatic rings. The highest BCUT2D eigenvalue weighted by molar-refractivity contribution is 5.59. The first-order chi connectivity index (χ1) is 18.8. The van der Waals surface area contributed by atoms with Crippen molar-refractivity contribution in [2.45, 2.75) is 136 Å². The van der Waals surface area contributed by atoms with E-state index in [1.807, 2.05) is 6.20 Å². The van der Waals surface area contributed by atoms with Gasteiger partial charge in [-0.05, 0) is 42.9 Å². The zero-order valence-electron chi connectivity index (χ0n) is 24.6. The lowest BCUT2D eigenvalue weighted by Crippen LogP contribution is -2.32. The maximum Gasteiger partial charge on any atom is 0.157 e. The molecule has 2 heterocycles. The molecule has 0 N–H and O–H groups in total. The number of aryl methyl sites for hydroxylation is 2. The first kappa shape index (κ1) is 30.8. The van der Waals surface area contributed by atoms with Crippen molar-refractivity contribution in [3.8, 4) is 11.3 Å². The Kier molecular flexibility index (Phi) is 15.7. The number of rotatable bonds is 20. The van der Waals surface area contributed by atoms with Crippen molar-refractivity contribution in [1.82, 2.24) is 4.98 Å². The van der Waals surface area contributed by atoms with E-state index >= 15 is 0 Å². The molecular formula is C35H55NO2. The van der Waals surface area contributed by atoms with Crippen LogP contribution in [0.25, 0.3) is 11.3 Å². The highest BCUT2D eigenvalue weighted by atomic mass is 16.7. The fourth-order valence-electron chi connectivity index (χ4n) is 5.46. The largest absolute Gasteiger partial charge is 0.352 e. The minimum Gasteiger partial charge on any atom is -0.352 e. The second kappa shape index (κ2) is 19.4. The Morgan fingerprint density at radius 2 is 1.18 bits per heavy atom. The molecule has 1 fully saturated rings. The van der Waals surface area contributed by atoms with Crippen LogP contribution in [0.2, 0.25) is 0 Å². The molecule has 0 amide bonds. The van der Waals surface area contributed by atoms with Gasteiger partial charge in [0.2, 0.25) is 0 Å². The maximum atomic E-state index is 6.03. The number of pyridine rings is 1. The molecule has 0 atom stereocenters. The van der Waals surface area contributed by atoms with Crippen molar-refractivity contribution >= 4 is 0 Å². The average molecular weight is 522 g/mol. The summed E-state index contributed by atoms with van der Waals surface area (Å²) in [6, 6.07) is 13.4. The molecule has 3 heteroatoms. The number of aromatic nitrogens is 1. The van der Waals surface area contributed by atoms with Crippen LogP contribution in [-0.2, 0) is 22.3 Å². The highest BCUT2D eigenvalue weighted by Gasteiger charge is 2.21. The van der Waals surface area contributed by atoms with Gasteiger partial charge in [-0.15, -0.1) is 0 Å². The van der Waals surface area contributed by atoms with E-state index in [0.29, 0.717) is 5.92 Å². The number of ether oxygens (including phenoxy) is 2. The van der Waals surface area contributed by atoms with Gasteiger partial charge in [0.15, 0.2) is 6.29 Å². The van der Waals surface area contributed by atoms with Gasteiger partial charge in [-0.2, -0.15) is 0 Å². The summed E-state index contributed by atoms with van der Waals surface area (Å²) in [6.07, 6.45) is 25.4.